The summed E-state index contributed by atoms with van der Waals surface area (Å²) in [4.78, 5) is 32.9. The summed E-state index contributed by atoms with van der Waals surface area (Å²) in [6.07, 6.45) is 10.4. The average Bonchev–Trinajstić information content (AvgIpc) is 3.49. The summed E-state index contributed by atoms with van der Waals surface area (Å²) in [7, 11) is 0. The minimum Gasteiger partial charge on any atom is -0.490 e. The van der Waals surface area contributed by atoms with Gasteiger partial charge in [0.05, 0.1) is 21.1 Å². The Hall–Kier alpha value is -2.43. The quantitative estimate of drug-likeness (QED) is 0.191. The molecule has 1 aliphatic heterocycles. The van der Waals surface area contributed by atoms with E-state index < -0.39 is 0 Å². The number of thiazole rings is 1. The smallest absolute Gasteiger partial charge is 0.266 e. The van der Waals surface area contributed by atoms with Gasteiger partial charge in [0.2, 0.25) is 5.91 Å². The standard InChI is InChI=1S/C29H27Cl2N3O3S3/c30-23-8-4-5-19(26(23)31)16-22-17-32-28(39-22)33-25(35)13-14-34-27(36)24(40-29(34)38)15-18-9-11-21(12-10-18)37-20-6-2-1-3-7-20/h4-5,8-12,15,17,20H,1-3,6-7,13-14,16H2,(H,32,33,35)/b24-15-. The number of anilines is 1. The molecule has 1 N–H and O–H groups in total. The van der Waals surface area contributed by atoms with Gasteiger partial charge in [0, 0.05) is 30.5 Å². The Kier molecular flexibility index (Phi) is 9.80. The summed E-state index contributed by atoms with van der Waals surface area (Å²) in [5, 5.41) is 4.31. The van der Waals surface area contributed by atoms with E-state index >= 15 is 0 Å². The second-order valence-electron chi connectivity index (χ2n) is 9.60. The molecule has 1 aromatic heterocycles. The highest BCUT2D eigenvalue weighted by molar-refractivity contribution is 8.26. The topological polar surface area (TPSA) is 71.5 Å². The number of thioether (sulfide) groups is 1. The molecule has 3 aromatic rings. The highest BCUT2D eigenvalue weighted by atomic mass is 35.5. The third kappa shape index (κ3) is 7.44. The molecule has 2 aromatic carbocycles. The fourth-order valence-corrected chi connectivity index (χ4v) is 7.12. The molecule has 11 heteroatoms. The number of ether oxygens (including phenoxy) is 1. The lowest BCUT2D eigenvalue weighted by Gasteiger charge is -2.22. The van der Waals surface area contributed by atoms with Crippen molar-refractivity contribution in [3.63, 3.8) is 0 Å². The number of carbonyl (C=O) groups is 2. The van der Waals surface area contributed by atoms with Crippen molar-refractivity contribution < 1.29 is 14.3 Å². The monoisotopic (exact) mass is 631 g/mol. The van der Waals surface area contributed by atoms with Crippen molar-refractivity contribution in [1.82, 2.24) is 9.88 Å². The van der Waals surface area contributed by atoms with Gasteiger partial charge in [-0.05, 0) is 61.1 Å². The molecule has 2 amide bonds. The molecule has 5 rings (SSSR count). The van der Waals surface area contributed by atoms with E-state index in [0.29, 0.717) is 36.9 Å². The van der Waals surface area contributed by atoms with Gasteiger partial charge in [-0.15, -0.1) is 11.3 Å². The number of thiocarbonyl (C=S) groups is 1. The summed E-state index contributed by atoms with van der Waals surface area (Å²) >= 11 is 20.4. The van der Waals surface area contributed by atoms with E-state index in [0.717, 1.165) is 34.6 Å². The molecule has 2 aliphatic rings. The van der Waals surface area contributed by atoms with Crippen LogP contribution in [0, 0.1) is 0 Å². The Morgan fingerprint density at radius 2 is 1.93 bits per heavy atom. The third-order valence-corrected chi connectivity index (χ3v) is 9.81. The van der Waals surface area contributed by atoms with E-state index in [1.807, 2.05) is 42.5 Å². The molecular formula is C29H27Cl2N3O3S3. The zero-order valence-electron chi connectivity index (χ0n) is 21.5. The minimum absolute atomic E-state index is 0.0992. The zero-order chi connectivity index (χ0) is 28.1. The largest absolute Gasteiger partial charge is 0.490 e. The first-order valence-electron chi connectivity index (χ1n) is 13.1. The van der Waals surface area contributed by atoms with E-state index in [4.69, 9.17) is 40.2 Å². The van der Waals surface area contributed by atoms with Gasteiger partial charge in [0.15, 0.2) is 5.13 Å². The minimum atomic E-state index is -0.242. The van der Waals surface area contributed by atoms with E-state index in [-0.39, 0.29) is 24.8 Å². The number of benzene rings is 2. The molecule has 0 radical (unpaired) electrons. The Morgan fingerprint density at radius 1 is 1.15 bits per heavy atom. The van der Waals surface area contributed by atoms with Gasteiger partial charge < -0.3 is 10.1 Å². The molecule has 2 fully saturated rings. The number of amides is 2. The van der Waals surface area contributed by atoms with Crippen molar-refractivity contribution in [3.8, 4) is 5.75 Å². The van der Waals surface area contributed by atoms with Crippen LogP contribution in [0.1, 0.15) is 54.5 Å². The maximum Gasteiger partial charge on any atom is 0.266 e. The van der Waals surface area contributed by atoms with Gasteiger partial charge in [-0.1, -0.05) is 77.9 Å². The van der Waals surface area contributed by atoms with Crippen molar-refractivity contribution in [1.29, 1.82) is 0 Å². The van der Waals surface area contributed by atoms with Crippen molar-refractivity contribution in [3.05, 3.63) is 79.6 Å². The van der Waals surface area contributed by atoms with Gasteiger partial charge in [0.1, 0.15) is 10.1 Å². The molecule has 1 aliphatic carbocycles. The van der Waals surface area contributed by atoms with E-state index in [9.17, 15) is 9.59 Å². The van der Waals surface area contributed by atoms with Gasteiger partial charge in [0.25, 0.3) is 5.91 Å². The SMILES string of the molecule is O=C(CCN1C(=O)/C(=C/c2ccc(OC3CCCCC3)cc2)SC1=S)Nc1ncc(Cc2cccc(Cl)c2Cl)s1. The molecular weight excluding hydrogens is 605 g/mol. The molecule has 208 valence electrons. The lowest BCUT2D eigenvalue weighted by atomic mass is 9.98. The highest BCUT2D eigenvalue weighted by Gasteiger charge is 2.32. The Morgan fingerprint density at radius 3 is 2.70 bits per heavy atom. The van der Waals surface area contributed by atoms with E-state index in [1.54, 1.807) is 12.3 Å². The molecule has 0 bridgehead atoms. The maximum absolute atomic E-state index is 13.0. The summed E-state index contributed by atoms with van der Waals surface area (Å²) in [6, 6.07) is 13.3. The number of halogens is 2. The summed E-state index contributed by atoms with van der Waals surface area (Å²) in [5.74, 6) is 0.414. The first-order valence-corrected chi connectivity index (χ1v) is 15.8. The van der Waals surface area contributed by atoms with Crippen LogP contribution in [-0.4, -0.2) is 38.7 Å². The Balaban J connectivity index is 1.12. The first kappa shape index (κ1) is 29.1. The molecule has 6 nitrogen and oxygen atoms in total. The highest BCUT2D eigenvalue weighted by Crippen LogP contribution is 2.33. The van der Waals surface area contributed by atoms with Crippen molar-refractivity contribution >= 4 is 85.9 Å². The Labute approximate surface area is 257 Å². The molecule has 1 saturated heterocycles. The molecule has 40 heavy (non-hydrogen) atoms. The fraction of sp³-hybridized carbons (Fsp3) is 0.310. The number of rotatable bonds is 9. The molecule has 0 spiro atoms. The first-order chi connectivity index (χ1) is 19.4. The summed E-state index contributed by atoms with van der Waals surface area (Å²) in [6.45, 7) is 0.193. The molecule has 0 atom stereocenters. The second-order valence-corrected chi connectivity index (χ2v) is 13.2. The lowest BCUT2D eigenvalue weighted by Crippen LogP contribution is -2.31. The molecule has 0 unspecified atom stereocenters. The number of hydrogen-bond donors (Lipinski definition) is 1. The van der Waals surface area contributed by atoms with Gasteiger partial charge in [-0.3, -0.25) is 14.5 Å². The van der Waals surface area contributed by atoms with Gasteiger partial charge in [-0.2, -0.15) is 0 Å². The van der Waals surface area contributed by atoms with Crippen LogP contribution in [0.15, 0.2) is 53.6 Å². The predicted molar refractivity (Wildman–Crippen MR) is 168 cm³/mol. The van der Waals surface area contributed by atoms with Crippen LogP contribution < -0.4 is 10.1 Å². The second kappa shape index (κ2) is 13.5. The number of nitrogens with one attached hydrogen (secondary N) is 1. The van der Waals surface area contributed by atoms with Gasteiger partial charge in [-0.25, -0.2) is 4.98 Å². The van der Waals surface area contributed by atoms with Crippen LogP contribution in [0.4, 0.5) is 5.13 Å². The van der Waals surface area contributed by atoms with Crippen LogP contribution >= 0.6 is 58.5 Å². The van der Waals surface area contributed by atoms with Crippen LogP contribution in [0.2, 0.25) is 10.0 Å². The molecule has 1 saturated carbocycles. The van der Waals surface area contributed by atoms with Crippen molar-refractivity contribution in [2.24, 2.45) is 0 Å². The Bertz CT molecular complexity index is 1440. The van der Waals surface area contributed by atoms with Crippen LogP contribution in [-0.2, 0) is 16.0 Å². The number of carbonyl (C=O) groups excluding carboxylic acids is 2. The van der Waals surface area contributed by atoms with E-state index in [2.05, 4.69) is 10.3 Å². The number of aromatic nitrogens is 1. The molecule has 2 heterocycles. The van der Waals surface area contributed by atoms with E-state index in [1.165, 1.54) is 47.3 Å². The zero-order valence-corrected chi connectivity index (χ0v) is 25.5. The number of nitrogens with zero attached hydrogens (tertiary/aromatic N) is 2. The van der Waals surface area contributed by atoms with Crippen molar-refractivity contribution in [2.75, 3.05) is 11.9 Å². The number of hydrogen-bond acceptors (Lipinski definition) is 7. The van der Waals surface area contributed by atoms with Crippen LogP contribution in [0.25, 0.3) is 6.08 Å². The van der Waals surface area contributed by atoms with Gasteiger partial charge >= 0.3 is 0 Å². The van der Waals surface area contributed by atoms with Crippen LogP contribution in [0.3, 0.4) is 0 Å². The predicted octanol–water partition coefficient (Wildman–Crippen LogP) is 7.98. The normalized spacial score (nSPS) is 17.1. The summed E-state index contributed by atoms with van der Waals surface area (Å²) < 4.78 is 6.54. The third-order valence-electron chi connectivity index (χ3n) is 6.67. The summed E-state index contributed by atoms with van der Waals surface area (Å²) in [5.41, 5.74) is 1.79. The lowest BCUT2D eigenvalue weighted by molar-refractivity contribution is -0.122. The van der Waals surface area contributed by atoms with Crippen molar-refractivity contribution in [2.45, 2.75) is 51.0 Å². The average molecular weight is 633 g/mol. The fourth-order valence-electron chi connectivity index (χ4n) is 4.58. The van der Waals surface area contributed by atoms with Crippen LogP contribution in [0.5, 0.6) is 5.75 Å². The maximum atomic E-state index is 13.0.